The number of hydrogen-bond acceptors (Lipinski definition) is 1. The van der Waals surface area contributed by atoms with Crippen LogP contribution in [0, 0.1) is 0 Å². The second-order valence-electron chi connectivity index (χ2n) is 12.4. The zero-order chi connectivity index (χ0) is 30.2. The minimum atomic E-state index is -0.457. The molecule has 0 bridgehead atoms. The van der Waals surface area contributed by atoms with E-state index in [0.717, 1.165) is 0 Å². The molecule has 0 aromatic heterocycles. The summed E-state index contributed by atoms with van der Waals surface area (Å²) < 4.78 is 0. The van der Waals surface area contributed by atoms with E-state index in [0.29, 0.717) is 0 Å². The van der Waals surface area contributed by atoms with Crippen molar-refractivity contribution in [3.8, 4) is 33.4 Å². The van der Waals surface area contributed by atoms with Gasteiger partial charge in [0.1, 0.15) is 0 Å². The molecule has 0 spiro atoms. The summed E-state index contributed by atoms with van der Waals surface area (Å²) in [6, 6.07) is 63.3. The first kappa shape index (κ1) is 25.9. The first-order chi connectivity index (χ1) is 22.8. The number of benzene rings is 8. The van der Waals surface area contributed by atoms with Gasteiger partial charge in [0, 0.05) is 15.2 Å². The molecule has 0 N–H and O–H groups in total. The topological polar surface area (TPSA) is 0 Å². The van der Waals surface area contributed by atoms with Crippen molar-refractivity contribution in [2.45, 2.75) is 15.2 Å². The summed E-state index contributed by atoms with van der Waals surface area (Å²) in [5.41, 5.74) is 12.6. The van der Waals surface area contributed by atoms with Gasteiger partial charge in [-0.15, -0.1) is 0 Å². The Hall–Kier alpha value is -5.37. The Balaban J connectivity index is 1.22. The predicted octanol–water partition coefficient (Wildman–Crippen LogP) is 12.2. The number of fused-ring (bicyclic) bond motifs is 7. The van der Waals surface area contributed by atoms with Gasteiger partial charge in [-0.1, -0.05) is 163 Å². The molecule has 8 aromatic carbocycles. The molecule has 0 amide bonds. The van der Waals surface area contributed by atoms with Crippen LogP contribution >= 0.6 is 11.8 Å². The van der Waals surface area contributed by atoms with Crippen LogP contribution in [0.15, 0.2) is 180 Å². The van der Waals surface area contributed by atoms with E-state index in [2.05, 4.69) is 170 Å². The number of rotatable bonds is 3. The van der Waals surface area contributed by atoms with E-state index in [9.17, 15) is 0 Å². The standard InChI is InChI=1S/C45H28S/c1-2-15-33(16-3-1)45(40-21-7-6-19-36(40)39-26-23-29-11-4-5-18-35(29)44(39)45)34-17-8-14-31(27-34)32-24-25-37-38-20-9-12-30-13-10-22-41(43(30)38)46-42(37)28-32/h1-28H. The van der Waals surface area contributed by atoms with Gasteiger partial charge in [0.15, 0.2) is 0 Å². The molecule has 1 atom stereocenters. The minimum Gasteiger partial charge on any atom is -0.0888 e. The number of hydrogen-bond donors (Lipinski definition) is 0. The smallest absolute Gasteiger partial charge is 0.0719 e. The first-order valence-electron chi connectivity index (χ1n) is 15.9. The summed E-state index contributed by atoms with van der Waals surface area (Å²) >= 11 is 1.89. The average Bonchev–Trinajstić information content (AvgIpc) is 3.44. The highest BCUT2D eigenvalue weighted by Gasteiger charge is 2.47. The molecule has 214 valence electrons. The van der Waals surface area contributed by atoms with Gasteiger partial charge in [0.05, 0.1) is 5.41 Å². The lowest BCUT2D eigenvalue weighted by Crippen LogP contribution is -2.28. The van der Waals surface area contributed by atoms with Crippen molar-refractivity contribution in [3.63, 3.8) is 0 Å². The Morgan fingerprint density at radius 2 is 1.09 bits per heavy atom. The molecule has 1 aliphatic heterocycles. The molecule has 0 saturated heterocycles. The van der Waals surface area contributed by atoms with Crippen LogP contribution in [0.1, 0.15) is 22.3 Å². The van der Waals surface area contributed by atoms with E-state index >= 15 is 0 Å². The molecule has 2 aliphatic rings. The summed E-state index contributed by atoms with van der Waals surface area (Å²) in [7, 11) is 0. The highest BCUT2D eigenvalue weighted by molar-refractivity contribution is 7.99. The van der Waals surface area contributed by atoms with Gasteiger partial charge < -0.3 is 0 Å². The van der Waals surface area contributed by atoms with Crippen molar-refractivity contribution in [3.05, 3.63) is 192 Å². The fourth-order valence-corrected chi connectivity index (χ4v) is 9.40. The monoisotopic (exact) mass is 600 g/mol. The molecule has 1 aliphatic carbocycles. The van der Waals surface area contributed by atoms with Crippen molar-refractivity contribution >= 4 is 33.3 Å². The average molecular weight is 601 g/mol. The largest absolute Gasteiger partial charge is 0.0888 e. The molecule has 1 heterocycles. The van der Waals surface area contributed by atoms with E-state index in [1.165, 1.54) is 87.0 Å². The second-order valence-corrected chi connectivity index (χ2v) is 13.5. The van der Waals surface area contributed by atoms with Crippen LogP contribution in [0.4, 0.5) is 0 Å². The molecule has 0 nitrogen and oxygen atoms in total. The van der Waals surface area contributed by atoms with Gasteiger partial charge in [0.2, 0.25) is 0 Å². The predicted molar refractivity (Wildman–Crippen MR) is 194 cm³/mol. The molecular weight excluding hydrogens is 573 g/mol. The Bertz CT molecular complexity index is 2500. The Kier molecular flexibility index (Phi) is 5.53. The summed E-state index contributed by atoms with van der Waals surface area (Å²) in [4.78, 5) is 2.65. The lowest BCUT2D eigenvalue weighted by atomic mass is 9.66. The van der Waals surface area contributed by atoms with Gasteiger partial charge in [0.25, 0.3) is 0 Å². The second kappa shape index (κ2) is 9.81. The van der Waals surface area contributed by atoms with Crippen molar-refractivity contribution in [1.82, 2.24) is 0 Å². The Morgan fingerprint density at radius 1 is 0.391 bits per heavy atom. The van der Waals surface area contributed by atoms with Crippen molar-refractivity contribution in [2.24, 2.45) is 0 Å². The molecular formula is C45H28S. The maximum atomic E-state index is 2.45. The third kappa shape index (κ3) is 3.52. The van der Waals surface area contributed by atoms with Gasteiger partial charge in [-0.05, 0) is 90.0 Å². The van der Waals surface area contributed by atoms with E-state index in [1.807, 2.05) is 11.8 Å². The molecule has 0 fully saturated rings. The molecule has 46 heavy (non-hydrogen) atoms. The first-order valence-corrected chi connectivity index (χ1v) is 16.7. The lowest BCUT2D eigenvalue weighted by Gasteiger charge is -2.35. The van der Waals surface area contributed by atoms with Crippen LogP contribution in [0.3, 0.4) is 0 Å². The maximum Gasteiger partial charge on any atom is 0.0719 e. The summed E-state index contributed by atoms with van der Waals surface area (Å²) in [5, 5.41) is 5.25. The minimum absolute atomic E-state index is 0.457. The van der Waals surface area contributed by atoms with Crippen LogP contribution in [0.5, 0.6) is 0 Å². The van der Waals surface area contributed by atoms with Gasteiger partial charge in [-0.2, -0.15) is 0 Å². The van der Waals surface area contributed by atoms with Gasteiger partial charge in [-0.25, -0.2) is 0 Å². The van der Waals surface area contributed by atoms with Crippen molar-refractivity contribution < 1.29 is 0 Å². The molecule has 10 rings (SSSR count). The fraction of sp³-hybridized carbons (Fsp3) is 0.0222. The van der Waals surface area contributed by atoms with E-state index in [1.54, 1.807) is 0 Å². The van der Waals surface area contributed by atoms with Crippen LogP contribution in [0.25, 0.3) is 54.9 Å². The normalized spacial score (nSPS) is 15.8. The van der Waals surface area contributed by atoms with Crippen LogP contribution < -0.4 is 0 Å². The van der Waals surface area contributed by atoms with E-state index in [4.69, 9.17) is 0 Å². The van der Waals surface area contributed by atoms with E-state index in [-0.39, 0.29) is 0 Å². The molecule has 1 unspecified atom stereocenters. The van der Waals surface area contributed by atoms with Gasteiger partial charge in [-0.3, -0.25) is 0 Å². The summed E-state index contributed by atoms with van der Waals surface area (Å²) in [6.45, 7) is 0. The van der Waals surface area contributed by atoms with Gasteiger partial charge >= 0.3 is 0 Å². The molecule has 8 aromatic rings. The SMILES string of the molecule is c1ccc(C2(c3cccc(-c4ccc5c(c4)Sc4cccc6cccc-5c46)c3)c3ccccc3-c3ccc4ccccc4c32)cc1. The van der Waals surface area contributed by atoms with Crippen molar-refractivity contribution in [1.29, 1.82) is 0 Å². The third-order valence-corrected chi connectivity index (χ3v) is 11.2. The fourth-order valence-electron chi connectivity index (χ4n) is 8.21. The van der Waals surface area contributed by atoms with E-state index < -0.39 is 5.41 Å². The van der Waals surface area contributed by atoms with Crippen molar-refractivity contribution in [2.75, 3.05) is 0 Å². The zero-order valence-corrected chi connectivity index (χ0v) is 25.9. The van der Waals surface area contributed by atoms with Crippen LogP contribution in [0.2, 0.25) is 0 Å². The lowest BCUT2D eigenvalue weighted by molar-refractivity contribution is 0.776. The molecule has 0 radical (unpaired) electrons. The summed E-state index contributed by atoms with van der Waals surface area (Å²) in [6.07, 6.45) is 0. The quantitative estimate of drug-likeness (QED) is 0.194. The Labute approximate surface area is 273 Å². The Morgan fingerprint density at radius 3 is 2.02 bits per heavy atom. The summed E-state index contributed by atoms with van der Waals surface area (Å²) in [5.74, 6) is 0. The highest BCUT2D eigenvalue weighted by atomic mass is 32.2. The molecule has 0 saturated carbocycles. The van der Waals surface area contributed by atoms with Crippen LogP contribution in [-0.4, -0.2) is 0 Å². The zero-order valence-electron chi connectivity index (χ0n) is 25.1. The molecule has 1 heteroatoms. The van der Waals surface area contributed by atoms with Crippen LogP contribution in [-0.2, 0) is 5.41 Å². The maximum absolute atomic E-state index is 2.45. The third-order valence-electron chi connectivity index (χ3n) is 10.1. The highest BCUT2D eigenvalue weighted by Crippen LogP contribution is 2.58.